The van der Waals surface area contributed by atoms with Crippen LogP contribution in [0.25, 0.3) is 0 Å². The first-order chi connectivity index (χ1) is 13.0. The Morgan fingerprint density at radius 1 is 1.37 bits per heavy atom. The highest BCUT2D eigenvalue weighted by atomic mass is 35.5. The van der Waals surface area contributed by atoms with Gasteiger partial charge in [-0.1, -0.05) is 22.8 Å². The van der Waals surface area contributed by atoms with Crippen LogP contribution in [0.2, 0.25) is 5.02 Å². The third-order valence-corrected chi connectivity index (χ3v) is 5.22. The molecule has 8 heteroatoms. The number of hydrogen-bond donors (Lipinski definition) is 3. The zero-order chi connectivity index (χ0) is 19.0. The van der Waals surface area contributed by atoms with Crippen LogP contribution in [-0.2, 0) is 12.8 Å². The van der Waals surface area contributed by atoms with E-state index < -0.39 is 5.82 Å². The minimum atomic E-state index is -0.480. The number of nitrogens with one attached hydrogen (secondary N) is 1. The monoisotopic (exact) mass is 387 g/mol. The van der Waals surface area contributed by atoms with E-state index in [0.29, 0.717) is 30.9 Å². The minimum absolute atomic E-state index is 0.0385. The summed E-state index contributed by atoms with van der Waals surface area (Å²) in [4.78, 5) is 8.93. The molecule has 1 saturated carbocycles. The van der Waals surface area contributed by atoms with Crippen molar-refractivity contribution in [2.24, 2.45) is 15.9 Å². The zero-order valence-corrected chi connectivity index (χ0v) is 15.3. The van der Waals surface area contributed by atoms with Crippen LogP contribution in [0.3, 0.4) is 0 Å². The van der Waals surface area contributed by atoms with Crippen molar-refractivity contribution in [1.82, 2.24) is 4.98 Å². The van der Waals surface area contributed by atoms with Crippen LogP contribution in [0.5, 0.6) is 0 Å². The van der Waals surface area contributed by atoms with Crippen molar-refractivity contribution < 1.29 is 9.60 Å². The van der Waals surface area contributed by atoms with E-state index in [4.69, 9.17) is 17.3 Å². The molecule has 27 heavy (non-hydrogen) atoms. The molecular weight excluding hydrogens is 369 g/mol. The second-order valence-electron chi connectivity index (χ2n) is 7.08. The van der Waals surface area contributed by atoms with Gasteiger partial charge in [0.05, 0.1) is 17.3 Å². The minimum Gasteiger partial charge on any atom is -0.411 e. The topological polar surface area (TPSA) is 95.9 Å². The number of aliphatic imine (C=N–C) groups is 1. The molecule has 4 rings (SSSR count). The van der Waals surface area contributed by atoms with E-state index in [2.05, 4.69) is 20.4 Å². The quantitative estimate of drug-likeness (QED) is 0.417. The van der Waals surface area contributed by atoms with E-state index in [1.807, 2.05) is 0 Å². The van der Waals surface area contributed by atoms with E-state index in [9.17, 15) is 9.60 Å². The van der Waals surface area contributed by atoms with Gasteiger partial charge in [-0.05, 0) is 36.6 Å². The lowest BCUT2D eigenvalue weighted by molar-refractivity contribution is 0.318. The molecule has 1 aromatic heterocycles. The number of nitrogens with two attached hydrogens (primary N) is 1. The molecule has 1 fully saturated rings. The summed E-state index contributed by atoms with van der Waals surface area (Å²) in [6, 6.07) is 6.26. The first-order valence-corrected chi connectivity index (χ1v) is 9.07. The van der Waals surface area contributed by atoms with Crippen LogP contribution < -0.4 is 11.1 Å². The fourth-order valence-electron chi connectivity index (χ4n) is 3.09. The third kappa shape index (κ3) is 3.79. The predicted molar refractivity (Wildman–Crippen MR) is 103 cm³/mol. The van der Waals surface area contributed by atoms with Gasteiger partial charge < -0.3 is 16.3 Å². The number of amidine groups is 1. The summed E-state index contributed by atoms with van der Waals surface area (Å²) in [6.45, 7) is 0.591. The van der Waals surface area contributed by atoms with E-state index in [1.54, 1.807) is 18.3 Å². The predicted octanol–water partition coefficient (Wildman–Crippen LogP) is 3.15. The van der Waals surface area contributed by atoms with Gasteiger partial charge in [-0.2, -0.15) is 0 Å². The van der Waals surface area contributed by atoms with Crippen molar-refractivity contribution in [2.75, 3.05) is 11.9 Å². The van der Waals surface area contributed by atoms with Gasteiger partial charge in [0, 0.05) is 35.7 Å². The molecule has 0 saturated heterocycles. The van der Waals surface area contributed by atoms with Gasteiger partial charge in [0.15, 0.2) is 0 Å². The number of oxime groups is 1. The van der Waals surface area contributed by atoms with Crippen LogP contribution in [0, 0.1) is 5.82 Å². The average Bonchev–Trinajstić information content (AvgIpc) is 3.24. The Hall–Kier alpha value is -2.51. The molecule has 140 valence electrons. The van der Waals surface area contributed by atoms with Crippen LogP contribution in [0.1, 0.15) is 29.5 Å². The van der Waals surface area contributed by atoms with Crippen LogP contribution in [0.4, 0.5) is 10.2 Å². The van der Waals surface area contributed by atoms with E-state index >= 15 is 0 Å². The lowest BCUT2D eigenvalue weighted by atomic mass is 9.98. The van der Waals surface area contributed by atoms with Crippen LogP contribution in [0.15, 0.2) is 40.6 Å². The smallest absolute Gasteiger partial charge is 0.141 e. The molecule has 4 N–H and O–H groups in total. The van der Waals surface area contributed by atoms with Gasteiger partial charge in [-0.25, -0.2) is 9.37 Å². The fourth-order valence-corrected chi connectivity index (χ4v) is 3.30. The van der Waals surface area contributed by atoms with Crippen LogP contribution in [-0.4, -0.2) is 33.8 Å². The summed E-state index contributed by atoms with van der Waals surface area (Å²) in [5.41, 5.74) is 8.84. The molecule has 2 heterocycles. The van der Waals surface area contributed by atoms with Gasteiger partial charge in [0.2, 0.25) is 0 Å². The molecule has 2 aliphatic rings. The Bertz CT molecular complexity index is 955. The van der Waals surface area contributed by atoms with Gasteiger partial charge in [0.25, 0.3) is 0 Å². The Labute approximate surface area is 161 Å². The highest BCUT2D eigenvalue weighted by Crippen LogP contribution is 2.33. The number of hydrogen-bond acceptors (Lipinski definition) is 5. The Morgan fingerprint density at radius 2 is 2.19 bits per heavy atom. The first-order valence-electron chi connectivity index (χ1n) is 8.70. The van der Waals surface area contributed by atoms with Crippen molar-refractivity contribution in [2.45, 2.75) is 31.2 Å². The van der Waals surface area contributed by atoms with Crippen molar-refractivity contribution >= 4 is 29.0 Å². The SMILES string of the molecule is NC1(CN=C2Cc3c(/C(Cc4ccc(F)c(Cl)c4)=N/O)ccnc3N2)CC1. The number of benzene rings is 1. The molecule has 0 unspecified atom stereocenters. The first kappa shape index (κ1) is 17.9. The van der Waals surface area contributed by atoms with Crippen LogP contribution >= 0.6 is 11.6 Å². The number of nitrogens with zero attached hydrogens (tertiary/aromatic N) is 3. The van der Waals surface area contributed by atoms with Gasteiger partial charge in [0.1, 0.15) is 17.5 Å². The molecule has 1 aromatic carbocycles. The number of halogens is 2. The van der Waals surface area contributed by atoms with Gasteiger partial charge in [-0.3, -0.25) is 4.99 Å². The molecule has 0 spiro atoms. The van der Waals surface area contributed by atoms with Crippen molar-refractivity contribution in [3.63, 3.8) is 0 Å². The largest absolute Gasteiger partial charge is 0.411 e. The summed E-state index contributed by atoms with van der Waals surface area (Å²) in [5, 5.41) is 16.3. The summed E-state index contributed by atoms with van der Waals surface area (Å²) in [7, 11) is 0. The summed E-state index contributed by atoms with van der Waals surface area (Å²) in [6.07, 6.45) is 4.53. The normalized spacial score (nSPS) is 19.1. The highest BCUT2D eigenvalue weighted by Gasteiger charge is 2.38. The fraction of sp³-hybridized carbons (Fsp3) is 0.316. The lowest BCUT2D eigenvalue weighted by Crippen LogP contribution is -2.26. The molecule has 1 aliphatic carbocycles. The molecule has 2 aromatic rings. The van der Waals surface area contributed by atoms with Crippen molar-refractivity contribution in [1.29, 1.82) is 0 Å². The maximum atomic E-state index is 13.4. The number of rotatable bonds is 5. The molecular formula is C19H19ClFN5O. The summed E-state index contributed by atoms with van der Waals surface area (Å²) >= 11 is 5.85. The maximum Gasteiger partial charge on any atom is 0.141 e. The third-order valence-electron chi connectivity index (χ3n) is 4.93. The summed E-state index contributed by atoms with van der Waals surface area (Å²) in [5.74, 6) is 1.03. The Morgan fingerprint density at radius 3 is 2.89 bits per heavy atom. The van der Waals surface area contributed by atoms with E-state index in [1.165, 1.54) is 12.1 Å². The van der Waals surface area contributed by atoms with Crippen molar-refractivity contribution in [3.05, 3.63) is 58.0 Å². The molecule has 0 amide bonds. The standard InChI is InChI=1S/C19H19ClFN5O/c20-14-7-11(1-2-15(14)21)8-16(26-27)12-3-6-23-18-13(12)9-17(25-18)24-10-19(22)4-5-19/h1-3,6-7,27H,4-5,8-10,22H2,(H,23,24,25)/b26-16+. The Kier molecular flexibility index (Phi) is 4.57. The maximum absolute atomic E-state index is 13.4. The van der Waals surface area contributed by atoms with Gasteiger partial charge >= 0.3 is 0 Å². The zero-order valence-electron chi connectivity index (χ0n) is 14.5. The number of fused-ring (bicyclic) bond motifs is 1. The second kappa shape index (κ2) is 6.90. The van der Waals surface area contributed by atoms with E-state index in [-0.39, 0.29) is 10.6 Å². The molecule has 0 radical (unpaired) electrons. The molecule has 0 atom stereocenters. The highest BCUT2D eigenvalue weighted by molar-refractivity contribution is 6.30. The number of anilines is 1. The Balaban J connectivity index is 1.57. The van der Waals surface area contributed by atoms with Gasteiger partial charge in [-0.15, -0.1) is 0 Å². The van der Waals surface area contributed by atoms with Crippen molar-refractivity contribution in [3.8, 4) is 0 Å². The molecule has 6 nitrogen and oxygen atoms in total. The second-order valence-corrected chi connectivity index (χ2v) is 7.49. The molecule has 1 aliphatic heterocycles. The number of pyridine rings is 1. The summed E-state index contributed by atoms with van der Waals surface area (Å²) < 4.78 is 13.4. The lowest BCUT2D eigenvalue weighted by Gasteiger charge is -2.09. The molecule has 0 bridgehead atoms. The number of aromatic nitrogens is 1. The van der Waals surface area contributed by atoms with E-state index in [0.717, 1.165) is 35.4 Å². The average molecular weight is 388 g/mol.